The van der Waals surface area contributed by atoms with Gasteiger partial charge in [0.05, 0.1) is 19.6 Å². The smallest absolute Gasteiger partial charge is 0.306 e. The highest BCUT2D eigenvalue weighted by molar-refractivity contribution is 5.70. The maximum Gasteiger partial charge on any atom is 0.306 e. The molecule has 0 saturated carbocycles. The van der Waals surface area contributed by atoms with Gasteiger partial charge in [0.25, 0.3) is 0 Å². The molecule has 54 heavy (non-hydrogen) atoms. The van der Waals surface area contributed by atoms with Gasteiger partial charge in [0.1, 0.15) is 0 Å². The third-order valence-corrected chi connectivity index (χ3v) is 11.2. The van der Waals surface area contributed by atoms with E-state index in [0.717, 1.165) is 57.5 Å². The molecule has 0 fully saturated rings. The molecule has 0 aliphatic carbocycles. The summed E-state index contributed by atoms with van der Waals surface area (Å²) in [5, 5.41) is 0. The fraction of sp³-hybridized carbons (Fsp3) is 0.857. The molecule has 0 heterocycles. The van der Waals surface area contributed by atoms with Crippen molar-refractivity contribution in [1.29, 1.82) is 0 Å². The van der Waals surface area contributed by atoms with Crippen molar-refractivity contribution in [2.24, 2.45) is 17.8 Å². The van der Waals surface area contributed by atoms with Gasteiger partial charge in [-0.2, -0.15) is 0 Å². The Hall–Kier alpha value is -2.02. The van der Waals surface area contributed by atoms with Crippen LogP contribution in [0.25, 0.3) is 0 Å². The van der Waals surface area contributed by atoms with E-state index in [1.54, 1.807) is 0 Å². The van der Waals surface area contributed by atoms with Crippen molar-refractivity contribution in [3.8, 4) is 0 Å². The summed E-state index contributed by atoms with van der Waals surface area (Å²) in [5.41, 5.74) is 8.29. The Balaban J connectivity index is 4.03. The van der Waals surface area contributed by atoms with Gasteiger partial charge < -0.3 is 14.4 Å². The predicted molar refractivity (Wildman–Crippen MR) is 232 cm³/mol. The molecule has 0 saturated heterocycles. The van der Waals surface area contributed by atoms with Crippen LogP contribution in [0.15, 0.2) is 29.8 Å². The van der Waals surface area contributed by atoms with Crippen LogP contribution in [0.3, 0.4) is 0 Å². The second-order valence-electron chi connectivity index (χ2n) is 16.2. The molecular formula is C49H89NO4. The van der Waals surface area contributed by atoms with Crippen molar-refractivity contribution in [1.82, 2.24) is 4.90 Å². The molecule has 0 aromatic rings. The lowest BCUT2D eigenvalue weighted by molar-refractivity contribution is -0.145. The molecule has 0 amide bonds. The molecule has 0 aliphatic rings. The van der Waals surface area contributed by atoms with E-state index in [-0.39, 0.29) is 17.9 Å². The van der Waals surface area contributed by atoms with E-state index in [1.165, 1.54) is 141 Å². The minimum absolute atomic E-state index is 0.00256. The third-order valence-electron chi connectivity index (χ3n) is 11.2. The Labute approximate surface area is 336 Å². The van der Waals surface area contributed by atoms with Gasteiger partial charge >= 0.3 is 11.9 Å². The molecule has 0 radical (unpaired) electrons. The van der Waals surface area contributed by atoms with Crippen molar-refractivity contribution >= 4 is 11.9 Å². The lowest BCUT2D eigenvalue weighted by Crippen LogP contribution is -2.25. The molecule has 0 spiro atoms. The number of allylic oxidation sites excluding steroid dienone is 1. The minimum atomic E-state index is -0.0928. The Morgan fingerprint density at radius 1 is 0.574 bits per heavy atom. The van der Waals surface area contributed by atoms with E-state index < -0.39 is 0 Å². The first-order valence-electron chi connectivity index (χ1n) is 23.3. The molecule has 0 bridgehead atoms. The van der Waals surface area contributed by atoms with Crippen LogP contribution in [0.4, 0.5) is 0 Å². The highest BCUT2D eigenvalue weighted by atomic mass is 16.5. The van der Waals surface area contributed by atoms with Crippen molar-refractivity contribution in [3.63, 3.8) is 0 Å². The molecule has 0 aromatic heterocycles. The summed E-state index contributed by atoms with van der Waals surface area (Å²) in [4.78, 5) is 27.0. The van der Waals surface area contributed by atoms with Crippen molar-refractivity contribution in [2.45, 2.75) is 221 Å². The first-order chi connectivity index (χ1) is 26.4. The second kappa shape index (κ2) is 40.6. The van der Waals surface area contributed by atoms with Crippen LogP contribution in [0.1, 0.15) is 221 Å². The molecule has 5 heteroatoms. The molecule has 0 N–H and O–H groups in total. The van der Waals surface area contributed by atoms with Gasteiger partial charge in [0, 0.05) is 6.42 Å². The number of hydrogen-bond donors (Lipinski definition) is 0. The molecule has 314 valence electrons. The summed E-state index contributed by atoms with van der Waals surface area (Å²) in [7, 11) is 0. The molecule has 5 nitrogen and oxygen atoms in total. The standard InChI is InChI=1S/C49H89NO4/c1-7-12-27-34-45(6)43-48(51)53-41-32-25-21-17-15-19-23-30-35-46(39-40-50(10-4)11-5)36-31-24-20-16-18-22-26-33-42-54-49(52)44-47(37-28-13-8-2)38-29-14-9-3/h37,45-47H,2,7,9-12,14-27,29-36,38-44H2,1,3-6H3. The average molecular weight is 756 g/mol. The summed E-state index contributed by atoms with van der Waals surface area (Å²) in [6.45, 7) is 19.4. The fourth-order valence-electron chi connectivity index (χ4n) is 7.47. The normalized spacial score (nSPS) is 12.8. The van der Waals surface area contributed by atoms with Gasteiger partial charge in [0.15, 0.2) is 0 Å². The summed E-state index contributed by atoms with van der Waals surface area (Å²) in [5.74, 6) is 1.38. The van der Waals surface area contributed by atoms with Gasteiger partial charge in [0.2, 0.25) is 0 Å². The number of carbonyl (C=O) groups is 2. The zero-order valence-electron chi connectivity index (χ0n) is 36.6. The van der Waals surface area contributed by atoms with Crippen LogP contribution in [0, 0.1) is 17.8 Å². The number of esters is 2. The number of hydrogen-bond acceptors (Lipinski definition) is 5. The predicted octanol–water partition coefficient (Wildman–Crippen LogP) is 14.3. The Bertz CT molecular complexity index is 970. The fourth-order valence-corrected chi connectivity index (χ4v) is 7.47. The van der Waals surface area contributed by atoms with Gasteiger partial charge in [-0.15, -0.1) is 0 Å². The molecule has 3 unspecified atom stereocenters. The number of carbonyl (C=O) groups excluding carboxylic acids is 2. The Morgan fingerprint density at radius 3 is 1.50 bits per heavy atom. The van der Waals surface area contributed by atoms with Crippen LogP contribution in [0.2, 0.25) is 0 Å². The van der Waals surface area contributed by atoms with Gasteiger partial charge in [-0.25, -0.2) is 0 Å². The minimum Gasteiger partial charge on any atom is -0.466 e. The highest BCUT2D eigenvalue weighted by Gasteiger charge is 2.13. The van der Waals surface area contributed by atoms with Crippen LogP contribution >= 0.6 is 0 Å². The quantitative estimate of drug-likeness (QED) is 0.0354. The second-order valence-corrected chi connectivity index (χ2v) is 16.2. The SMILES string of the molecule is C=C=C=C=CC(CCCCC)CC(=O)OCCCCCCCCCCC(CCCCCCCCCCOC(=O)CC(C)CCCCC)CCN(CC)CC. The largest absolute Gasteiger partial charge is 0.466 e. The van der Waals surface area contributed by atoms with Crippen LogP contribution < -0.4 is 0 Å². The molecule has 0 aromatic carbocycles. The Morgan fingerprint density at radius 2 is 1.02 bits per heavy atom. The van der Waals surface area contributed by atoms with E-state index in [9.17, 15) is 9.59 Å². The average Bonchev–Trinajstić information content (AvgIpc) is 3.16. The first kappa shape index (κ1) is 52.0. The maximum absolute atomic E-state index is 12.4. The van der Waals surface area contributed by atoms with E-state index in [4.69, 9.17) is 9.47 Å². The number of nitrogens with zero attached hydrogens (tertiary/aromatic N) is 1. The lowest BCUT2D eigenvalue weighted by atomic mass is 9.91. The third kappa shape index (κ3) is 35.7. The van der Waals surface area contributed by atoms with Crippen molar-refractivity contribution in [3.05, 3.63) is 29.8 Å². The lowest BCUT2D eigenvalue weighted by Gasteiger charge is -2.23. The maximum atomic E-state index is 12.4. The van der Waals surface area contributed by atoms with Gasteiger partial charge in [-0.3, -0.25) is 9.59 Å². The summed E-state index contributed by atoms with van der Waals surface area (Å²) >= 11 is 0. The number of unbranched alkanes of at least 4 members (excludes halogenated alkanes) is 18. The highest BCUT2D eigenvalue weighted by Crippen LogP contribution is 2.23. The van der Waals surface area contributed by atoms with E-state index in [0.29, 0.717) is 32.0 Å². The van der Waals surface area contributed by atoms with E-state index >= 15 is 0 Å². The van der Waals surface area contributed by atoms with Crippen LogP contribution in [-0.4, -0.2) is 49.7 Å². The first-order valence-corrected chi connectivity index (χ1v) is 23.3. The Kier molecular flexibility index (Phi) is 39.1. The van der Waals surface area contributed by atoms with Crippen molar-refractivity contribution in [2.75, 3.05) is 32.8 Å². The van der Waals surface area contributed by atoms with Crippen LogP contribution in [0.5, 0.6) is 0 Å². The van der Waals surface area contributed by atoms with E-state index in [2.05, 4.69) is 63.3 Å². The molecular weight excluding hydrogens is 667 g/mol. The van der Waals surface area contributed by atoms with Crippen molar-refractivity contribution < 1.29 is 19.1 Å². The van der Waals surface area contributed by atoms with E-state index in [1.807, 2.05) is 6.08 Å². The monoisotopic (exact) mass is 756 g/mol. The summed E-state index contributed by atoms with van der Waals surface area (Å²) in [6, 6.07) is 0. The molecule has 0 aliphatic heterocycles. The zero-order valence-corrected chi connectivity index (χ0v) is 36.6. The zero-order chi connectivity index (χ0) is 39.7. The topological polar surface area (TPSA) is 55.8 Å². The molecule has 3 atom stereocenters. The summed E-state index contributed by atoms with van der Waals surface area (Å²) < 4.78 is 11.0. The van der Waals surface area contributed by atoms with Gasteiger partial charge in [-0.1, -0.05) is 194 Å². The number of ether oxygens (including phenoxy) is 2. The van der Waals surface area contributed by atoms with Gasteiger partial charge in [-0.05, 0) is 81.5 Å². The number of rotatable bonds is 40. The summed E-state index contributed by atoms with van der Waals surface area (Å²) in [6.07, 6.45) is 36.7. The van der Waals surface area contributed by atoms with Crippen LogP contribution in [-0.2, 0) is 19.1 Å². The molecule has 0 rings (SSSR count).